The molecule has 1 aliphatic rings. The number of piperidine rings is 1. The zero-order valence-electron chi connectivity index (χ0n) is 11.0. The number of aryl methyl sites for hydroxylation is 1. The third kappa shape index (κ3) is 3.85. The summed E-state index contributed by atoms with van der Waals surface area (Å²) in [5.41, 5.74) is 1.94. The predicted molar refractivity (Wildman–Crippen MR) is 74.3 cm³/mol. The van der Waals surface area contributed by atoms with E-state index in [1.807, 2.05) is 13.0 Å². The van der Waals surface area contributed by atoms with Gasteiger partial charge in [-0.2, -0.15) is 0 Å². The number of ether oxygens (including phenoxy) is 1. The zero-order valence-corrected chi connectivity index (χ0v) is 11.7. The molecule has 0 N–H and O–H groups in total. The van der Waals surface area contributed by atoms with Crippen LogP contribution in [0.15, 0.2) is 12.3 Å². The molecule has 0 amide bonds. The molecule has 1 aromatic rings. The molecule has 1 aliphatic heterocycles. The van der Waals surface area contributed by atoms with E-state index in [4.69, 9.17) is 16.3 Å². The van der Waals surface area contributed by atoms with Crippen LogP contribution in [0.1, 0.15) is 30.5 Å². The van der Waals surface area contributed by atoms with Crippen molar-refractivity contribution in [2.75, 3.05) is 26.2 Å². The van der Waals surface area contributed by atoms with Crippen molar-refractivity contribution in [3.63, 3.8) is 0 Å². The first-order valence-corrected chi connectivity index (χ1v) is 7.19. The van der Waals surface area contributed by atoms with E-state index < -0.39 is 0 Å². The molecule has 0 aromatic carbocycles. The van der Waals surface area contributed by atoms with Gasteiger partial charge in [0.25, 0.3) is 0 Å². The molecule has 2 heterocycles. The summed E-state index contributed by atoms with van der Waals surface area (Å²) in [5.74, 6) is 1.33. The lowest BCUT2D eigenvalue weighted by Gasteiger charge is -2.26. The molecule has 3 nitrogen and oxygen atoms in total. The van der Waals surface area contributed by atoms with Gasteiger partial charge in [-0.05, 0) is 32.9 Å². The molecule has 2 rings (SSSR count). The van der Waals surface area contributed by atoms with Crippen LogP contribution >= 0.6 is 11.6 Å². The third-order valence-corrected chi connectivity index (χ3v) is 3.63. The van der Waals surface area contributed by atoms with Gasteiger partial charge in [-0.1, -0.05) is 6.42 Å². The van der Waals surface area contributed by atoms with Crippen molar-refractivity contribution in [2.45, 2.75) is 32.1 Å². The van der Waals surface area contributed by atoms with Crippen LogP contribution in [0.3, 0.4) is 0 Å². The van der Waals surface area contributed by atoms with Crippen molar-refractivity contribution < 1.29 is 4.74 Å². The summed E-state index contributed by atoms with van der Waals surface area (Å²) < 4.78 is 5.85. The van der Waals surface area contributed by atoms with Crippen LogP contribution in [0, 0.1) is 6.92 Å². The van der Waals surface area contributed by atoms with Crippen molar-refractivity contribution in [3.05, 3.63) is 23.5 Å². The Labute approximate surface area is 114 Å². The second kappa shape index (κ2) is 6.95. The van der Waals surface area contributed by atoms with Gasteiger partial charge in [0.15, 0.2) is 0 Å². The number of pyridine rings is 1. The summed E-state index contributed by atoms with van der Waals surface area (Å²) in [7, 11) is 0. The van der Waals surface area contributed by atoms with Crippen LogP contribution in [0.5, 0.6) is 5.75 Å². The first-order chi connectivity index (χ1) is 8.79. The topological polar surface area (TPSA) is 25.4 Å². The van der Waals surface area contributed by atoms with Gasteiger partial charge in [0.2, 0.25) is 0 Å². The van der Waals surface area contributed by atoms with Crippen LogP contribution in [0.25, 0.3) is 0 Å². The minimum atomic E-state index is 0.451. The molecule has 0 atom stereocenters. The number of aromatic nitrogens is 1. The lowest BCUT2D eigenvalue weighted by atomic mass is 10.1. The van der Waals surface area contributed by atoms with Crippen LogP contribution in [-0.2, 0) is 5.88 Å². The minimum absolute atomic E-state index is 0.451. The van der Waals surface area contributed by atoms with Crippen molar-refractivity contribution in [3.8, 4) is 5.75 Å². The van der Waals surface area contributed by atoms with Crippen LogP contribution in [0.2, 0.25) is 0 Å². The molecular weight excluding hydrogens is 248 g/mol. The van der Waals surface area contributed by atoms with E-state index in [2.05, 4.69) is 9.88 Å². The molecule has 1 saturated heterocycles. The number of rotatable bonds is 5. The summed E-state index contributed by atoms with van der Waals surface area (Å²) in [4.78, 5) is 6.70. The molecule has 100 valence electrons. The fourth-order valence-corrected chi connectivity index (χ4v) is 2.47. The van der Waals surface area contributed by atoms with Crippen LogP contribution in [-0.4, -0.2) is 36.1 Å². The molecule has 1 fully saturated rings. The number of halogens is 1. The Balaban J connectivity index is 1.83. The summed E-state index contributed by atoms with van der Waals surface area (Å²) in [5, 5.41) is 0. The summed E-state index contributed by atoms with van der Waals surface area (Å²) >= 11 is 5.88. The molecule has 0 radical (unpaired) electrons. The van der Waals surface area contributed by atoms with Gasteiger partial charge in [0, 0.05) is 30.1 Å². The van der Waals surface area contributed by atoms with Gasteiger partial charge in [0.05, 0.1) is 5.88 Å². The maximum Gasteiger partial charge on any atom is 0.127 e. The molecule has 0 saturated carbocycles. The number of nitrogens with zero attached hydrogens (tertiary/aromatic N) is 2. The van der Waals surface area contributed by atoms with Crippen LogP contribution in [0.4, 0.5) is 0 Å². The first kappa shape index (κ1) is 13.6. The zero-order chi connectivity index (χ0) is 12.8. The standard InChI is InChI=1S/C14H21ClN2O/c1-12-9-14(13(10-15)11-16-12)18-8-7-17-5-3-2-4-6-17/h9,11H,2-8,10H2,1H3. The van der Waals surface area contributed by atoms with E-state index >= 15 is 0 Å². The highest BCUT2D eigenvalue weighted by molar-refractivity contribution is 6.17. The van der Waals surface area contributed by atoms with Gasteiger partial charge >= 0.3 is 0 Å². The highest BCUT2D eigenvalue weighted by atomic mass is 35.5. The highest BCUT2D eigenvalue weighted by Crippen LogP contribution is 2.20. The third-order valence-electron chi connectivity index (χ3n) is 3.34. The monoisotopic (exact) mass is 268 g/mol. The molecule has 0 bridgehead atoms. The summed E-state index contributed by atoms with van der Waals surface area (Å²) in [6.07, 6.45) is 5.82. The fraction of sp³-hybridized carbons (Fsp3) is 0.643. The lowest BCUT2D eigenvalue weighted by molar-refractivity contribution is 0.183. The Kier molecular flexibility index (Phi) is 5.26. The van der Waals surface area contributed by atoms with Crippen molar-refractivity contribution in [2.24, 2.45) is 0 Å². The fourth-order valence-electron chi connectivity index (χ4n) is 2.27. The van der Waals surface area contributed by atoms with E-state index in [-0.39, 0.29) is 0 Å². The number of hydrogen-bond donors (Lipinski definition) is 0. The maximum absolute atomic E-state index is 5.88. The summed E-state index contributed by atoms with van der Waals surface area (Å²) in [6.45, 7) is 6.12. The largest absolute Gasteiger partial charge is 0.492 e. The lowest BCUT2D eigenvalue weighted by Crippen LogP contribution is -2.33. The normalized spacial score (nSPS) is 16.8. The smallest absolute Gasteiger partial charge is 0.127 e. The Morgan fingerprint density at radius 2 is 2.11 bits per heavy atom. The Bertz CT molecular complexity index is 378. The number of hydrogen-bond acceptors (Lipinski definition) is 3. The molecule has 0 aliphatic carbocycles. The molecule has 0 unspecified atom stereocenters. The Morgan fingerprint density at radius 1 is 1.33 bits per heavy atom. The molecule has 0 spiro atoms. The first-order valence-electron chi connectivity index (χ1n) is 6.66. The predicted octanol–water partition coefficient (Wildman–Crippen LogP) is 2.99. The number of alkyl halides is 1. The van der Waals surface area contributed by atoms with Gasteiger partial charge in [-0.25, -0.2) is 0 Å². The van der Waals surface area contributed by atoms with Gasteiger partial charge in [-0.3, -0.25) is 9.88 Å². The molecule has 4 heteroatoms. The van der Waals surface area contributed by atoms with E-state index in [1.54, 1.807) is 6.20 Å². The molecular formula is C14H21ClN2O. The van der Waals surface area contributed by atoms with Gasteiger partial charge in [0.1, 0.15) is 12.4 Å². The second-order valence-corrected chi connectivity index (χ2v) is 5.09. The van der Waals surface area contributed by atoms with E-state index in [0.29, 0.717) is 5.88 Å². The SMILES string of the molecule is Cc1cc(OCCN2CCCCC2)c(CCl)cn1. The molecule has 18 heavy (non-hydrogen) atoms. The Hall–Kier alpha value is -0.800. The van der Waals surface area contributed by atoms with E-state index in [0.717, 1.165) is 30.2 Å². The van der Waals surface area contributed by atoms with Crippen molar-refractivity contribution >= 4 is 11.6 Å². The van der Waals surface area contributed by atoms with E-state index in [9.17, 15) is 0 Å². The highest BCUT2D eigenvalue weighted by Gasteiger charge is 2.10. The maximum atomic E-state index is 5.88. The Morgan fingerprint density at radius 3 is 2.83 bits per heavy atom. The minimum Gasteiger partial charge on any atom is -0.492 e. The average Bonchev–Trinajstić information content (AvgIpc) is 2.40. The van der Waals surface area contributed by atoms with Gasteiger partial charge < -0.3 is 4.74 Å². The van der Waals surface area contributed by atoms with Crippen LogP contribution < -0.4 is 4.74 Å². The van der Waals surface area contributed by atoms with Crippen molar-refractivity contribution in [1.82, 2.24) is 9.88 Å². The summed E-state index contributed by atoms with van der Waals surface area (Å²) in [6, 6.07) is 1.97. The second-order valence-electron chi connectivity index (χ2n) is 4.82. The van der Waals surface area contributed by atoms with Crippen molar-refractivity contribution in [1.29, 1.82) is 0 Å². The average molecular weight is 269 g/mol. The van der Waals surface area contributed by atoms with E-state index in [1.165, 1.54) is 32.4 Å². The van der Waals surface area contributed by atoms with Gasteiger partial charge in [-0.15, -0.1) is 11.6 Å². The molecule has 1 aromatic heterocycles. The number of likely N-dealkylation sites (tertiary alicyclic amines) is 1. The quantitative estimate of drug-likeness (QED) is 0.768.